The molecule has 0 aliphatic carbocycles. The zero-order valence-electron chi connectivity index (χ0n) is 18.7. The van der Waals surface area contributed by atoms with Crippen molar-refractivity contribution >= 4 is 23.5 Å². The van der Waals surface area contributed by atoms with Gasteiger partial charge in [-0.2, -0.15) is 0 Å². The number of aryl methyl sites for hydroxylation is 1. The van der Waals surface area contributed by atoms with Crippen molar-refractivity contribution in [3.63, 3.8) is 0 Å². The fourth-order valence-corrected chi connectivity index (χ4v) is 3.71. The average Bonchev–Trinajstić information content (AvgIpc) is 3.10. The van der Waals surface area contributed by atoms with Crippen molar-refractivity contribution in [2.75, 3.05) is 0 Å². The first-order chi connectivity index (χ1) is 16.7. The van der Waals surface area contributed by atoms with Crippen LogP contribution in [0.25, 0.3) is 11.6 Å². The molecule has 3 aromatic carbocycles. The summed E-state index contributed by atoms with van der Waals surface area (Å²) < 4.78 is 42.6. The Kier molecular flexibility index (Phi) is 6.38. The van der Waals surface area contributed by atoms with Crippen LogP contribution < -0.4 is 0 Å². The van der Waals surface area contributed by atoms with E-state index < -0.39 is 29.3 Å². The number of hydrogen-bond acceptors (Lipinski definition) is 3. The van der Waals surface area contributed by atoms with E-state index in [0.717, 1.165) is 30.3 Å². The zero-order valence-corrected chi connectivity index (χ0v) is 18.7. The first-order valence-electron chi connectivity index (χ1n) is 10.5. The highest BCUT2D eigenvalue weighted by atomic mass is 19.1. The number of benzene rings is 3. The molecule has 4 aromatic rings. The van der Waals surface area contributed by atoms with Gasteiger partial charge in [-0.1, -0.05) is 12.1 Å². The molecule has 0 amide bonds. The third kappa shape index (κ3) is 4.77. The number of carbonyl (C=O) groups is 2. The van der Waals surface area contributed by atoms with Crippen molar-refractivity contribution in [2.24, 2.45) is 0 Å². The minimum absolute atomic E-state index is 0.0307. The summed E-state index contributed by atoms with van der Waals surface area (Å²) in [6, 6.07) is 13.5. The molecular weight excluding hydrogens is 457 g/mol. The molecule has 0 saturated carbocycles. The fraction of sp³-hybridized carbons (Fsp3) is 0.0741. The second-order valence-corrected chi connectivity index (χ2v) is 7.85. The number of halogens is 3. The lowest BCUT2D eigenvalue weighted by Gasteiger charge is -2.13. The summed E-state index contributed by atoms with van der Waals surface area (Å²) in [7, 11) is 0. The molecular formula is C27H19F3N2O3. The molecule has 0 spiro atoms. The van der Waals surface area contributed by atoms with Crippen LogP contribution in [0.15, 0.2) is 66.7 Å². The Morgan fingerprint density at radius 2 is 1.34 bits per heavy atom. The maximum absolute atomic E-state index is 14.2. The number of imidazole rings is 1. The molecule has 0 unspecified atom stereocenters. The second kappa shape index (κ2) is 9.42. The number of hydrogen-bond donors (Lipinski definition) is 1. The Balaban J connectivity index is 1.98. The Morgan fingerprint density at radius 3 is 1.91 bits per heavy atom. The third-order valence-corrected chi connectivity index (χ3v) is 5.60. The number of carboxylic acids is 1. The lowest BCUT2D eigenvalue weighted by atomic mass is 9.93. The average molecular weight is 476 g/mol. The Hall–Kier alpha value is -4.46. The SMILES string of the molecule is Cc1nc(C=C(c2ccc(F)cc2)c2cc(F)ccc2C(=O)O)n(C(=O)c2ccc(F)cc2)c1C. The van der Waals surface area contributed by atoms with Gasteiger partial charge in [-0.15, -0.1) is 0 Å². The minimum Gasteiger partial charge on any atom is -0.478 e. The van der Waals surface area contributed by atoms with Gasteiger partial charge in [-0.05, 0) is 91.2 Å². The summed E-state index contributed by atoms with van der Waals surface area (Å²) in [4.78, 5) is 29.7. The Morgan fingerprint density at radius 1 is 0.800 bits per heavy atom. The molecule has 4 rings (SSSR count). The van der Waals surface area contributed by atoms with Gasteiger partial charge in [0.15, 0.2) is 0 Å². The number of aromatic nitrogens is 2. The van der Waals surface area contributed by atoms with Crippen LogP contribution in [0.4, 0.5) is 13.2 Å². The van der Waals surface area contributed by atoms with Crippen molar-refractivity contribution in [3.8, 4) is 0 Å². The summed E-state index contributed by atoms with van der Waals surface area (Å²) in [5.41, 5.74) is 1.71. The number of carboxylic acid groups (broad SMARTS) is 1. The molecule has 0 aliphatic heterocycles. The highest BCUT2D eigenvalue weighted by Crippen LogP contribution is 2.30. The Bertz CT molecular complexity index is 1470. The minimum atomic E-state index is -1.29. The normalized spacial score (nSPS) is 11.5. The first-order valence-corrected chi connectivity index (χ1v) is 10.5. The summed E-state index contributed by atoms with van der Waals surface area (Å²) in [5.74, 6) is -3.29. The van der Waals surface area contributed by atoms with Gasteiger partial charge in [0.2, 0.25) is 0 Å². The van der Waals surface area contributed by atoms with E-state index >= 15 is 0 Å². The van der Waals surface area contributed by atoms with Crippen LogP contribution in [0, 0.1) is 31.3 Å². The van der Waals surface area contributed by atoms with E-state index in [-0.39, 0.29) is 28.1 Å². The largest absolute Gasteiger partial charge is 0.478 e. The summed E-state index contributed by atoms with van der Waals surface area (Å²) >= 11 is 0. The molecule has 35 heavy (non-hydrogen) atoms. The van der Waals surface area contributed by atoms with Gasteiger partial charge in [0.05, 0.1) is 11.3 Å². The van der Waals surface area contributed by atoms with Crippen molar-refractivity contribution in [3.05, 3.63) is 124 Å². The van der Waals surface area contributed by atoms with Crippen LogP contribution in [0.3, 0.4) is 0 Å². The zero-order chi connectivity index (χ0) is 25.3. The first kappa shape index (κ1) is 23.7. The van der Waals surface area contributed by atoms with Crippen LogP contribution >= 0.6 is 0 Å². The molecule has 1 heterocycles. The lowest BCUT2D eigenvalue weighted by Crippen LogP contribution is -2.15. The number of aromatic carboxylic acids is 1. The van der Waals surface area contributed by atoms with E-state index in [1.165, 1.54) is 47.0 Å². The maximum Gasteiger partial charge on any atom is 0.336 e. The van der Waals surface area contributed by atoms with Crippen LogP contribution in [-0.4, -0.2) is 26.5 Å². The van der Waals surface area contributed by atoms with E-state index in [1.54, 1.807) is 13.8 Å². The molecule has 1 N–H and O–H groups in total. The monoisotopic (exact) mass is 476 g/mol. The van der Waals surface area contributed by atoms with Crippen LogP contribution in [0.1, 0.15) is 49.1 Å². The van der Waals surface area contributed by atoms with Gasteiger partial charge in [0, 0.05) is 11.3 Å². The van der Waals surface area contributed by atoms with E-state index in [1.807, 2.05) is 0 Å². The second-order valence-electron chi connectivity index (χ2n) is 7.85. The van der Waals surface area contributed by atoms with Crippen LogP contribution in [-0.2, 0) is 0 Å². The summed E-state index contributed by atoms with van der Waals surface area (Å²) in [6.45, 7) is 3.38. The quantitative estimate of drug-likeness (QED) is 0.390. The highest BCUT2D eigenvalue weighted by Gasteiger charge is 2.21. The van der Waals surface area contributed by atoms with E-state index in [0.29, 0.717) is 17.0 Å². The van der Waals surface area contributed by atoms with Gasteiger partial charge in [0.25, 0.3) is 5.91 Å². The standard InChI is InChI=1S/C27H19F3N2O3/c1-15-16(2)32(26(33)18-5-9-20(29)10-6-18)25(31-15)14-23(17-3-7-19(28)8-4-17)24-13-21(30)11-12-22(24)27(34)35/h3-14H,1-2H3,(H,34,35). The smallest absolute Gasteiger partial charge is 0.336 e. The predicted molar refractivity (Wildman–Crippen MR) is 125 cm³/mol. The number of rotatable bonds is 5. The van der Waals surface area contributed by atoms with Crippen LogP contribution in [0.5, 0.6) is 0 Å². The van der Waals surface area contributed by atoms with Crippen molar-refractivity contribution < 1.29 is 27.9 Å². The van der Waals surface area contributed by atoms with Gasteiger partial charge in [-0.25, -0.2) is 22.9 Å². The third-order valence-electron chi connectivity index (χ3n) is 5.60. The van der Waals surface area contributed by atoms with Crippen molar-refractivity contribution in [2.45, 2.75) is 13.8 Å². The molecule has 0 aliphatic rings. The van der Waals surface area contributed by atoms with Crippen molar-refractivity contribution in [1.82, 2.24) is 9.55 Å². The van der Waals surface area contributed by atoms with Gasteiger partial charge >= 0.3 is 5.97 Å². The van der Waals surface area contributed by atoms with E-state index in [4.69, 9.17) is 0 Å². The molecule has 8 heteroatoms. The molecule has 176 valence electrons. The number of nitrogens with zero attached hydrogens (tertiary/aromatic N) is 2. The Labute approximate surface area is 198 Å². The van der Waals surface area contributed by atoms with Crippen LogP contribution in [0.2, 0.25) is 0 Å². The maximum atomic E-state index is 14.2. The van der Waals surface area contributed by atoms with E-state index in [9.17, 15) is 27.9 Å². The molecule has 0 radical (unpaired) electrons. The summed E-state index contributed by atoms with van der Waals surface area (Å²) in [6.07, 6.45) is 1.45. The molecule has 0 atom stereocenters. The predicted octanol–water partition coefficient (Wildman–Crippen LogP) is 5.89. The molecule has 0 saturated heterocycles. The van der Waals surface area contributed by atoms with Gasteiger partial charge < -0.3 is 5.11 Å². The molecule has 0 fully saturated rings. The van der Waals surface area contributed by atoms with Gasteiger partial charge in [-0.3, -0.25) is 9.36 Å². The highest BCUT2D eigenvalue weighted by molar-refractivity contribution is 6.02. The van der Waals surface area contributed by atoms with Gasteiger partial charge in [0.1, 0.15) is 23.3 Å². The number of carbonyl (C=O) groups excluding carboxylic acids is 1. The lowest BCUT2D eigenvalue weighted by molar-refractivity contribution is 0.0696. The molecule has 5 nitrogen and oxygen atoms in total. The van der Waals surface area contributed by atoms with Crippen molar-refractivity contribution in [1.29, 1.82) is 0 Å². The molecule has 1 aromatic heterocycles. The fourth-order valence-electron chi connectivity index (χ4n) is 3.71. The topological polar surface area (TPSA) is 72.2 Å². The molecule has 0 bridgehead atoms. The summed E-state index contributed by atoms with van der Waals surface area (Å²) in [5, 5.41) is 9.71. The van der Waals surface area contributed by atoms with E-state index in [2.05, 4.69) is 4.98 Å².